The van der Waals surface area contributed by atoms with Crippen molar-refractivity contribution in [3.05, 3.63) is 0 Å². The molecule has 1 aliphatic carbocycles. The molecule has 0 radical (unpaired) electrons. The van der Waals surface area contributed by atoms with E-state index in [1.807, 2.05) is 0 Å². The molecule has 19 heavy (non-hydrogen) atoms. The molecular formula is C14H27N3O2. The fourth-order valence-electron chi connectivity index (χ4n) is 2.15. The summed E-state index contributed by atoms with van der Waals surface area (Å²) in [5.74, 6) is 0.426. The second-order valence-corrected chi connectivity index (χ2v) is 5.66. The van der Waals surface area contributed by atoms with Gasteiger partial charge in [-0.25, -0.2) is 0 Å². The lowest BCUT2D eigenvalue weighted by molar-refractivity contribution is -0.122. The summed E-state index contributed by atoms with van der Waals surface area (Å²) in [6.07, 6.45) is 5.21. The third-order valence-electron chi connectivity index (χ3n) is 3.29. The summed E-state index contributed by atoms with van der Waals surface area (Å²) in [5, 5.41) is 8.84. The average molecular weight is 269 g/mol. The van der Waals surface area contributed by atoms with Crippen LogP contribution in [0.4, 0.5) is 0 Å². The Hall–Kier alpha value is -1.10. The number of carbonyl (C=O) groups is 2. The number of hydrogen-bond donors (Lipinski definition) is 3. The van der Waals surface area contributed by atoms with Crippen LogP contribution in [0.5, 0.6) is 0 Å². The Balaban J connectivity index is 1.98. The lowest BCUT2D eigenvalue weighted by Crippen LogP contribution is -2.39. The smallest absolute Gasteiger partial charge is 0.233 e. The summed E-state index contributed by atoms with van der Waals surface area (Å²) in [6.45, 7) is 5.57. The largest absolute Gasteiger partial charge is 0.356 e. The quantitative estimate of drug-likeness (QED) is 0.610. The molecule has 0 heterocycles. The van der Waals surface area contributed by atoms with Gasteiger partial charge >= 0.3 is 0 Å². The minimum atomic E-state index is -0.0245. The predicted molar refractivity (Wildman–Crippen MR) is 75.7 cm³/mol. The molecule has 0 spiro atoms. The first kappa shape index (κ1) is 16.0. The molecule has 1 saturated carbocycles. The maximum atomic E-state index is 11.5. The molecule has 0 unspecified atom stereocenters. The van der Waals surface area contributed by atoms with E-state index < -0.39 is 0 Å². The summed E-state index contributed by atoms with van der Waals surface area (Å²) in [4.78, 5) is 23.0. The molecule has 0 aromatic carbocycles. The molecule has 1 aliphatic rings. The fourth-order valence-corrected chi connectivity index (χ4v) is 2.15. The molecule has 0 atom stereocenters. The van der Waals surface area contributed by atoms with Crippen molar-refractivity contribution in [1.82, 2.24) is 16.0 Å². The highest BCUT2D eigenvalue weighted by molar-refractivity contribution is 5.80. The average Bonchev–Trinajstić information content (AvgIpc) is 2.87. The predicted octanol–water partition coefficient (Wildman–Crippen LogP) is 0.797. The third kappa shape index (κ3) is 7.82. The van der Waals surface area contributed by atoms with Crippen LogP contribution in [0.3, 0.4) is 0 Å². The van der Waals surface area contributed by atoms with E-state index in [1.165, 1.54) is 25.7 Å². The van der Waals surface area contributed by atoms with Crippen LogP contribution in [-0.4, -0.2) is 37.5 Å². The Labute approximate surface area is 115 Å². The van der Waals surface area contributed by atoms with Crippen LogP contribution in [0.1, 0.15) is 46.0 Å². The van der Waals surface area contributed by atoms with Crippen LogP contribution >= 0.6 is 0 Å². The van der Waals surface area contributed by atoms with Crippen LogP contribution in [0.25, 0.3) is 0 Å². The van der Waals surface area contributed by atoms with Gasteiger partial charge < -0.3 is 16.0 Å². The molecule has 0 bridgehead atoms. The van der Waals surface area contributed by atoms with Gasteiger partial charge in [-0.05, 0) is 18.8 Å². The minimum Gasteiger partial charge on any atom is -0.356 e. The molecule has 3 N–H and O–H groups in total. The van der Waals surface area contributed by atoms with Gasteiger partial charge in [-0.2, -0.15) is 0 Å². The fraction of sp³-hybridized carbons (Fsp3) is 0.857. The van der Waals surface area contributed by atoms with Crippen molar-refractivity contribution in [2.75, 3.05) is 19.6 Å². The zero-order valence-corrected chi connectivity index (χ0v) is 12.1. The molecule has 5 nitrogen and oxygen atoms in total. The van der Waals surface area contributed by atoms with Crippen LogP contribution in [0.15, 0.2) is 0 Å². The van der Waals surface area contributed by atoms with Crippen LogP contribution < -0.4 is 16.0 Å². The van der Waals surface area contributed by atoms with E-state index in [2.05, 4.69) is 29.8 Å². The molecule has 0 saturated heterocycles. The highest BCUT2D eigenvalue weighted by Gasteiger charge is 2.15. The number of carbonyl (C=O) groups excluding carboxylic acids is 2. The summed E-state index contributed by atoms with van der Waals surface area (Å²) >= 11 is 0. The van der Waals surface area contributed by atoms with Gasteiger partial charge in [-0.1, -0.05) is 26.7 Å². The highest BCUT2D eigenvalue weighted by Crippen LogP contribution is 2.17. The number of rotatable bonds is 8. The van der Waals surface area contributed by atoms with E-state index >= 15 is 0 Å². The van der Waals surface area contributed by atoms with Gasteiger partial charge in [-0.15, -0.1) is 0 Å². The first-order valence-electron chi connectivity index (χ1n) is 7.34. The highest BCUT2D eigenvalue weighted by atomic mass is 16.2. The Kier molecular flexibility index (Phi) is 7.48. The molecule has 110 valence electrons. The number of nitrogens with one attached hydrogen (secondary N) is 3. The summed E-state index contributed by atoms with van der Waals surface area (Å²) in [7, 11) is 0. The van der Waals surface area contributed by atoms with E-state index in [0.29, 0.717) is 38.0 Å². The van der Waals surface area contributed by atoms with E-state index in [1.54, 1.807) is 0 Å². The van der Waals surface area contributed by atoms with E-state index in [0.717, 1.165) is 0 Å². The van der Waals surface area contributed by atoms with Gasteiger partial charge in [0.1, 0.15) is 0 Å². The summed E-state index contributed by atoms with van der Waals surface area (Å²) < 4.78 is 0. The van der Waals surface area contributed by atoms with Crippen LogP contribution in [0, 0.1) is 5.92 Å². The minimum absolute atomic E-state index is 0.00208. The molecular weight excluding hydrogens is 242 g/mol. The Morgan fingerprint density at radius 3 is 2.42 bits per heavy atom. The Morgan fingerprint density at radius 2 is 1.79 bits per heavy atom. The maximum Gasteiger partial charge on any atom is 0.233 e. The summed E-state index contributed by atoms with van der Waals surface area (Å²) in [6, 6.07) is 0.500. The topological polar surface area (TPSA) is 70.2 Å². The van der Waals surface area contributed by atoms with Crippen LogP contribution in [0.2, 0.25) is 0 Å². The van der Waals surface area contributed by atoms with Gasteiger partial charge in [0.05, 0.1) is 6.54 Å². The van der Waals surface area contributed by atoms with E-state index in [9.17, 15) is 9.59 Å². The van der Waals surface area contributed by atoms with Crippen molar-refractivity contribution in [2.45, 2.75) is 52.0 Å². The zero-order chi connectivity index (χ0) is 14.1. The normalized spacial score (nSPS) is 15.7. The molecule has 2 amide bonds. The third-order valence-corrected chi connectivity index (χ3v) is 3.29. The van der Waals surface area contributed by atoms with Crippen molar-refractivity contribution < 1.29 is 9.59 Å². The standard InChI is InChI=1S/C14H27N3O2/c1-11(2)9-17-13(18)7-8-15-14(19)10-16-12-5-3-4-6-12/h11-12,16H,3-10H2,1-2H3,(H,15,19)(H,17,18). The number of hydrogen-bond acceptors (Lipinski definition) is 3. The SMILES string of the molecule is CC(C)CNC(=O)CCNC(=O)CNC1CCCC1. The second-order valence-electron chi connectivity index (χ2n) is 5.66. The van der Waals surface area contributed by atoms with Gasteiger partial charge in [0.2, 0.25) is 11.8 Å². The van der Waals surface area contributed by atoms with Crippen molar-refractivity contribution in [3.63, 3.8) is 0 Å². The van der Waals surface area contributed by atoms with Crippen molar-refractivity contribution >= 4 is 11.8 Å². The van der Waals surface area contributed by atoms with E-state index in [4.69, 9.17) is 0 Å². The molecule has 5 heteroatoms. The molecule has 0 aromatic heterocycles. The van der Waals surface area contributed by atoms with Crippen molar-refractivity contribution in [1.29, 1.82) is 0 Å². The van der Waals surface area contributed by atoms with Gasteiger partial charge in [0.25, 0.3) is 0 Å². The van der Waals surface area contributed by atoms with Crippen LogP contribution in [-0.2, 0) is 9.59 Å². The Morgan fingerprint density at radius 1 is 1.11 bits per heavy atom. The van der Waals surface area contributed by atoms with E-state index in [-0.39, 0.29) is 11.8 Å². The zero-order valence-electron chi connectivity index (χ0n) is 12.1. The molecule has 0 aromatic rings. The monoisotopic (exact) mass is 269 g/mol. The lowest BCUT2D eigenvalue weighted by atomic mass is 10.2. The van der Waals surface area contributed by atoms with Gasteiger partial charge in [-0.3, -0.25) is 9.59 Å². The maximum absolute atomic E-state index is 11.5. The van der Waals surface area contributed by atoms with Crippen molar-refractivity contribution in [3.8, 4) is 0 Å². The molecule has 1 fully saturated rings. The number of amides is 2. The lowest BCUT2D eigenvalue weighted by Gasteiger charge is -2.12. The van der Waals surface area contributed by atoms with Gasteiger partial charge in [0.15, 0.2) is 0 Å². The van der Waals surface area contributed by atoms with Crippen molar-refractivity contribution in [2.24, 2.45) is 5.92 Å². The first-order valence-corrected chi connectivity index (χ1v) is 7.34. The molecule has 1 rings (SSSR count). The second kappa shape index (κ2) is 8.91. The Bertz CT molecular complexity index is 286. The van der Waals surface area contributed by atoms with Gasteiger partial charge in [0, 0.05) is 25.6 Å². The molecule has 0 aliphatic heterocycles. The summed E-state index contributed by atoms with van der Waals surface area (Å²) in [5.41, 5.74) is 0. The first-order chi connectivity index (χ1) is 9.08.